The van der Waals surface area contributed by atoms with E-state index >= 15 is 0 Å². The lowest BCUT2D eigenvalue weighted by molar-refractivity contribution is 0.440. The van der Waals surface area contributed by atoms with Crippen molar-refractivity contribution in [3.63, 3.8) is 0 Å². The normalized spacial score (nSPS) is 13.4. The third kappa shape index (κ3) is 3.84. The summed E-state index contributed by atoms with van der Waals surface area (Å²) in [6.45, 7) is 0. The first-order chi connectivity index (χ1) is 25.3. The molecule has 9 aromatic rings. The van der Waals surface area contributed by atoms with E-state index in [1.54, 1.807) is 0 Å². The van der Waals surface area contributed by atoms with E-state index in [4.69, 9.17) is 14.7 Å². The van der Waals surface area contributed by atoms with Crippen LogP contribution >= 0.6 is 0 Å². The molecule has 4 heteroatoms. The molecule has 0 fully saturated rings. The Bertz CT molecular complexity index is 2730. The average molecular weight is 652 g/mol. The zero-order valence-electron chi connectivity index (χ0n) is 27.5. The van der Waals surface area contributed by atoms with Crippen LogP contribution < -0.4 is 4.74 Å². The van der Waals surface area contributed by atoms with Gasteiger partial charge < -0.3 is 4.74 Å². The molecule has 2 aromatic heterocycles. The molecule has 0 saturated carbocycles. The molecule has 0 unspecified atom stereocenters. The van der Waals surface area contributed by atoms with Gasteiger partial charge in [-0.25, -0.2) is 9.97 Å². The predicted octanol–water partition coefficient (Wildman–Crippen LogP) is 11.4. The van der Waals surface area contributed by atoms with E-state index in [2.05, 4.69) is 156 Å². The molecule has 11 rings (SSSR count). The molecule has 1 aliphatic carbocycles. The Hall–Kier alpha value is -6.78. The smallest absolute Gasteiger partial charge is 0.162 e. The molecule has 2 aliphatic rings. The minimum Gasteiger partial charge on any atom is -0.454 e. The fraction of sp³-hybridized carbons (Fsp3) is 0.0213. The van der Waals surface area contributed by atoms with Gasteiger partial charge in [0.25, 0.3) is 0 Å². The minimum absolute atomic E-state index is 0.567. The molecular formula is C47H29N3O. The highest BCUT2D eigenvalue weighted by molar-refractivity contribution is 6.12. The molecule has 0 bridgehead atoms. The first-order valence-corrected chi connectivity index (χ1v) is 17.3. The van der Waals surface area contributed by atoms with Crippen LogP contribution in [0.25, 0.3) is 61.4 Å². The largest absolute Gasteiger partial charge is 0.454 e. The van der Waals surface area contributed by atoms with Gasteiger partial charge in [-0.1, -0.05) is 158 Å². The van der Waals surface area contributed by atoms with Crippen LogP contribution in [0.15, 0.2) is 176 Å². The number of fused-ring (bicyclic) bond motifs is 13. The van der Waals surface area contributed by atoms with Gasteiger partial charge in [0.1, 0.15) is 11.6 Å². The Morgan fingerprint density at radius 2 is 1.08 bits per heavy atom. The topological polar surface area (TPSA) is 39.9 Å². The summed E-state index contributed by atoms with van der Waals surface area (Å²) in [4.78, 5) is 10.4. The highest BCUT2D eigenvalue weighted by Crippen LogP contribution is 2.63. The van der Waals surface area contributed by atoms with Gasteiger partial charge >= 0.3 is 0 Å². The van der Waals surface area contributed by atoms with Gasteiger partial charge in [-0.2, -0.15) is 0 Å². The van der Waals surface area contributed by atoms with Crippen LogP contribution in [0.4, 0.5) is 0 Å². The monoisotopic (exact) mass is 651 g/mol. The van der Waals surface area contributed by atoms with Gasteiger partial charge in [-0.3, -0.25) is 4.57 Å². The summed E-state index contributed by atoms with van der Waals surface area (Å²) in [7, 11) is 0. The first-order valence-electron chi connectivity index (χ1n) is 17.3. The van der Waals surface area contributed by atoms with Crippen molar-refractivity contribution in [1.82, 2.24) is 14.5 Å². The number of benzene rings is 7. The van der Waals surface area contributed by atoms with Crippen molar-refractivity contribution in [1.29, 1.82) is 0 Å². The maximum absolute atomic E-state index is 7.16. The van der Waals surface area contributed by atoms with Crippen LogP contribution in [0.1, 0.15) is 22.3 Å². The van der Waals surface area contributed by atoms with E-state index in [0.29, 0.717) is 5.82 Å². The van der Waals surface area contributed by atoms with Crippen LogP contribution in [0.3, 0.4) is 0 Å². The molecule has 1 aliphatic heterocycles. The molecule has 1 spiro atoms. The predicted molar refractivity (Wildman–Crippen MR) is 205 cm³/mol. The third-order valence-corrected chi connectivity index (χ3v) is 10.7. The van der Waals surface area contributed by atoms with Crippen molar-refractivity contribution in [3.05, 3.63) is 198 Å². The zero-order valence-corrected chi connectivity index (χ0v) is 27.5. The molecule has 0 radical (unpaired) electrons. The molecule has 51 heavy (non-hydrogen) atoms. The molecule has 0 N–H and O–H groups in total. The van der Waals surface area contributed by atoms with Crippen molar-refractivity contribution >= 4 is 21.8 Å². The molecule has 0 atom stereocenters. The number of ether oxygens (including phenoxy) is 1. The SMILES string of the molecule is c1ccc(-c2cc(-n3c4ccccc4c4ccc5c(c43)Oc3ccccc3C53c4ccccc4-c4ccccc43)nc(-c3ccccc3)n2)cc1. The van der Waals surface area contributed by atoms with Gasteiger partial charge in [0, 0.05) is 39.1 Å². The van der Waals surface area contributed by atoms with Crippen LogP contribution in [-0.2, 0) is 5.41 Å². The number of hydrogen-bond acceptors (Lipinski definition) is 3. The lowest BCUT2D eigenvalue weighted by Crippen LogP contribution is -2.32. The number of rotatable bonds is 3. The number of hydrogen-bond donors (Lipinski definition) is 0. The lowest BCUT2D eigenvalue weighted by atomic mass is 9.66. The van der Waals surface area contributed by atoms with Crippen molar-refractivity contribution in [2.24, 2.45) is 0 Å². The molecule has 4 nitrogen and oxygen atoms in total. The Balaban J connectivity index is 1.29. The summed E-state index contributed by atoms with van der Waals surface area (Å²) < 4.78 is 9.45. The zero-order chi connectivity index (χ0) is 33.5. The Kier molecular flexibility index (Phi) is 5.84. The van der Waals surface area contributed by atoms with Crippen molar-refractivity contribution in [2.75, 3.05) is 0 Å². The van der Waals surface area contributed by atoms with Crippen molar-refractivity contribution in [2.45, 2.75) is 5.41 Å². The van der Waals surface area contributed by atoms with Gasteiger partial charge in [0.2, 0.25) is 0 Å². The van der Waals surface area contributed by atoms with Crippen molar-refractivity contribution < 1.29 is 4.74 Å². The average Bonchev–Trinajstić information content (AvgIpc) is 3.70. The van der Waals surface area contributed by atoms with E-state index in [1.807, 2.05) is 24.3 Å². The van der Waals surface area contributed by atoms with Crippen LogP contribution in [-0.4, -0.2) is 14.5 Å². The fourth-order valence-electron chi connectivity index (χ4n) is 8.62. The summed E-state index contributed by atoms with van der Waals surface area (Å²) in [5.41, 5.74) is 11.6. The van der Waals surface area contributed by atoms with Gasteiger partial charge in [0.05, 0.1) is 22.1 Å². The van der Waals surface area contributed by atoms with Gasteiger partial charge in [-0.05, 0) is 34.4 Å². The maximum Gasteiger partial charge on any atom is 0.162 e. The number of para-hydroxylation sites is 2. The summed E-state index contributed by atoms with van der Waals surface area (Å²) in [6, 6.07) is 62.1. The lowest BCUT2D eigenvalue weighted by Gasteiger charge is -2.39. The van der Waals surface area contributed by atoms with Gasteiger partial charge in [-0.15, -0.1) is 0 Å². The standard InChI is InChI=1S/C47H29N3O/c1-3-15-30(16-4-1)40-29-43(49-46(48-40)31-17-5-2-6-18-31)50-41-25-13-9-21-34(41)35-27-28-39-45(44(35)50)51-42-26-14-12-24-38(42)47(39)36-22-10-7-19-32(36)33-20-8-11-23-37(33)47/h1-29H. The van der Waals surface area contributed by atoms with E-state index in [1.165, 1.54) is 22.3 Å². The highest BCUT2D eigenvalue weighted by atomic mass is 16.5. The summed E-state index contributed by atoms with van der Waals surface area (Å²) in [5.74, 6) is 3.16. The number of aromatic nitrogens is 3. The fourth-order valence-corrected chi connectivity index (χ4v) is 8.62. The van der Waals surface area contributed by atoms with Crippen LogP contribution in [0, 0.1) is 0 Å². The number of nitrogens with zero attached hydrogens (tertiary/aromatic N) is 3. The Morgan fingerprint density at radius 3 is 1.82 bits per heavy atom. The summed E-state index contributed by atoms with van der Waals surface area (Å²) >= 11 is 0. The van der Waals surface area contributed by atoms with Crippen molar-refractivity contribution in [3.8, 4) is 51.1 Å². The second-order valence-corrected chi connectivity index (χ2v) is 13.3. The van der Waals surface area contributed by atoms with E-state index in [0.717, 1.165) is 67.1 Å². The van der Waals surface area contributed by atoms with E-state index in [-0.39, 0.29) is 0 Å². The highest BCUT2D eigenvalue weighted by Gasteiger charge is 2.51. The van der Waals surface area contributed by atoms with Crippen LogP contribution in [0.2, 0.25) is 0 Å². The Morgan fingerprint density at radius 1 is 0.471 bits per heavy atom. The summed E-state index contributed by atoms with van der Waals surface area (Å²) in [5, 5.41) is 2.25. The molecule has 7 aromatic carbocycles. The summed E-state index contributed by atoms with van der Waals surface area (Å²) in [6.07, 6.45) is 0. The Labute approximate surface area is 294 Å². The first kappa shape index (κ1) is 28.1. The molecule has 238 valence electrons. The molecule has 0 amide bonds. The van der Waals surface area contributed by atoms with E-state index in [9.17, 15) is 0 Å². The minimum atomic E-state index is -0.567. The van der Waals surface area contributed by atoms with Gasteiger partial charge in [0.15, 0.2) is 11.6 Å². The third-order valence-electron chi connectivity index (χ3n) is 10.7. The van der Waals surface area contributed by atoms with Crippen LogP contribution in [0.5, 0.6) is 11.5 Å². The molecule has 0 saturated heterocycles. The van der Waals surface area contributed by atoms with E-state index < -0.39 is 5.41 Å². The maximum atomic E-state index is 7.16. The molecular weight excluding hydrogens is 623 g/mol. The quantitative estimate of drug-likeness (QED) is 0.191. The second kappa shape index (κ2) is 10.6. The second-order valence-electron chi connectivity index (χ2n) is 13.3. The molecule has 3 heterocycles.